The average molecular weight is 265 g/mol. The van der Waals surface area contributed by atoms with Crippen molar-refractivity contribution in [3.63, 3.8) is 0 Å². The second-order valence-electron chi connectivity index (χ2n) is 5.30. The Morgan fingerprint density at radius 2 is 2.26 bits per heavy atom. The summed E-state index contributed by atoms with van der Waals surface area (Å²) in [5, 5.41) is 3.98. The van der Waals surface area contributed by atoms with Crippen LogP contribution in [0.25, 0.3) is 0 Å². The number of amides is 1. The Labute approximate surface area is 112 Å². The van der Waals surface area contributed by atoms with Crippen LogP contribution in [0.5, 0.6) is 0 Å². The van der Waals surface area contributed by atoms with Crippen LogP contribution in [0.4, 0.5) is 0 Å². The van der Waals surface area contributed by atoms with Crippen LogP contribution >= 0.6 is 0 Å². The van der Waals surface area contributed by atoms with E-state index < -0.39 is 0 Å². The maximum Gasteiger partial charge on any atom is 0.251 e. The number of carbonyl (C=O) groups excluding carboxylic acids is 1. The van der Waals surface area contributed by atoms with E-state index in [2.05, 4.69) is 10.1 Å². The van der Waals surface area contributed by atoms with E-state index in [0.717, 1.165) is 38.1 Å². The van der Waals surface area contributed by atoms with Gasteiger partial charge in [0.1, 0.15) is 6.10 Å². The molecule has 0 N–H and O–H groups in total. The lowest BCUT2D eigenvalue weighted by Crippen LogP contribution is -2.44. The zero-order valence-corrected chi connectivity index (χ0v) is 11.2. The molecule has 3 heterocycles. The number of rotatable bonds is 2. The molecule has 0 saturated carbocycles. The monoisotopic (exact) mass is 265 g/mol. The highest BCUT2D eigenvalue weighted by Crippen LogP contribution is 2.26. The highest BCUT2D eigenvalue weighted by molar-refractivity contribution is 5.81. The van der Waals surface area contributed by atoms with Gasteiger partial charge in [-0.25, -0.2) is 0 Å². The fourth-order valence-corrected chi connectivity index (χ4v) is 2.84. The van der Waals surface area contributed by atoms with Crippen molar-refractivity contribution in [2.75, 3.05) is 19.7 Å². The van der Waals surface area contributed by atoms with E-state index in [1.807, 2.05) is 4.90 Å². The molecule has 3 rings (SSSR count). The first kappa shape index (κ1) is 12.6. The first-order chi connectivity index (χ1) is 9.24. The van der Waals surface area contributed by atoms with Gasteiger partial charge in [0.25, 0.3) is 5.91 Å². The first-order valence-corrected chi connectivity index (χ1v) is 6.94. The molecular weight excluding hydrogens is 246 g/mol. The lowest BCUT2D eigenvalue weighted by molar-refractivity contribution is -0.142. The molecule has 6 nitrogen and oxygen atoms in total. The molecule has 19 heavy (non-hydrogen) atoms. The maximum absolute atomic E-state index is 12.3. The molecule has 1 amide bonds. The van der Waals surface area contributed by atoms with E-state index in [1.165, 1.54) is 0 Å². The molecule has 2 aliphatic heterocycles. The van der Waals surface area contributed by atoms with E-state index in [4.69, 9.17) is 9.26 Å². The molecule has 0 radical (unpaired) electrons. The van der Waals surface area contributed by atoms with Crippen molar-refractivity contribution in [3.8, 4) is 0 Å². The fourth-order valence-electron chi connectivity index (χ4n) is 2.84. The predicted molar refractivity (Wildman–Crippen MR) is 66.6 cm³/mol. The Kier molecular flexibility index (Phi) is 3.50. The minimum absolute atomic E-state index is 0.127. The van der Waals surface area contributed by atoms with Crippen LogP contribution in [0.2, 0.25) is 0 Å². The molecule has 0 unspecified atom stereocenters. The van der Waals surface area contributed by atoms with Crippen molar-refractivity contribution in [1.82, 2.24) is 15.0 Å². The van der Waals surface area contributed by atoms with Gasteiger partial charge < -0.3 is 14.2 Å². The molecule has 0 bridgehead atoms. The van der Waals surface area contributed by atoms with Gasteiger partial charge in [-0.15, -0.1) is 0 Å². The number of piperidine rings is 1. The number of ether oxygens (including phenoxy) is 1. The summed E-state index contributed by atoms with van der Waals surface area (Å²) < 4.78 is 10.5. The number of nitrogens with zero attached hydrogens (tertiary/aromatic N) is 3. The molecule has 1 aromatic heterocycles. The molecule has 6 heteroatoms. The van der Waals surface area contributed by atoms with Crippen LogP contribution in [-0.4, -0.2) is 46.7 Å². The van der Waals surface area contributed by atoms with Gasteiger partial charge in [0.2, 0.25) is 5.89 Å². The van der Waals surface area contributed by atoms with Gasteiger partial charge in [0.15, 0.2) is 5.82 Å². The molecule has 2 aliphatic rings. The summed E-state index contributed by atoms with van der Waals surface area (Å²) in [4.78, 5) is 18.5. The summed E-state index contributed by atoms with van der Waals surface area (Å²) in [6.45, 7) is 3.98. The van der Waals surface area contributed by atoms with Gasteiger partial charge in [0, 0.05) is 32.5 Å². The van der Waals surface area contributed by atoms with Crippen LogP contribution in [-0.2, 0) is 9.53 Å². The second kappa shape index (κ2) is 5.28. The van der Waals surface area contributed by atoms with Gasteiger partial charge in [-0.3, -0.25) is 4.79 Å². The molecule has 0 aliphatic carbocycles. The van der Waals surface area contributed by atoms with Crippen molar-refractivity contribution in [3.05, 3.63) is 11.7 Å². The number of likely N-dealkylation sites (tertiary alicyclic amines) is 1. The minimum atomic E-state index is -0.231. The molecule has 104 valence electrons. The van der Waals surface area contributed by atoms with E-state index in [1.54, 1.807) is 6.92 Å². The quantitative estimate of drug-likeness (QED) is 0.805. The third-order valence-electron chi connectivity index (χ3n) is 3.85. The topological polar surface area (TPSA) is 68.5 Å². The Morgan fingerprint density at radius 1 is 1.37 bits per heavy atom. The third kappa shape index (κ3) is 2.63. The van der Waals surface area contributed by atoms with Crippen LogP contribution in [0.15, 0.2) is 4.52 Å². The molecule has 2 atom stereocenters. The van der Waals surface area contributed by atoms with E-state index in [-0.39, 0.29) is 17.9 Å². The largest absolute Gasteiger partial charge is 0.368 e. The number of aryl methyl sites for hydroxylation is 1. The normalized spacial score (nSPS) is 27.7. The van der Waals surface area contributed by atoms with E-state index >= 15 is 0 Å². The summed E-state index contributed by atoms with van der Waals surface area (Å²) in [6, 6.07) is 0. The average Bonchev–Trinajstić information content (AvgIpc) is 3.09. The Bertz CT molecular complexity index is 454. The summed E-state index contributed by atoms with van der Waals surface area (Å²) in [5.41, 5.74) is 0. The summed E-state index contributed by atoms with van der Waals surface area (Å²) in [6.07, 6.45) is 3.59. The number of hydrogen-bond acceptors (Lipinski definition) is 5. The van der Waals surface area contributed by atoms with Gasteiger partial charge in [0.05, 0.1) is 0 Å². The molecule has 0 spiro atoms. The zero-order chi connectivity index (χ0) is 13.2. The Hall–Kier alpha value is -1.43. The maximum atomic E-state index is 12.3. The SMILES string of the molecule is Cc1nc([C@H]2CCCN(C(=O)[C@H]3CCCO3)C2)no1. The van der Waals surface area contributed by atoms with Crippen molar-refractivity contribution < 1.29 is 14.1 Å². The van der Waals surface area contributed by atoms with Crippen LogP contribution in [0.3, 0.4) is 0 Å². The van der Waals surface area contributed by atoms with Crippen LogP contribution < -0.4 is 0 Å². The molecule has 0 aromatic carbocycles. The second-order valence-corrected chi connectivity index (χ2v) is 5.30. The standard InChI is InChI=1S/C13H19N3O3/c1-9-14-12(15-19-9)10-4-2-6-16(8-10)13(17)11-5-3-7-18-11/h10-11H,2-8H2,1H3/t10-,11+/m0/s1. The van der Waals surface area contributed by atoms with E-state index in [0.29, 0.717) is 19.0 Å². The van der Waals surface area contributed by atoms with Crippen molar-refractivity contribution in [2.45, 2.75) is 44.6 Å². The Balaban J connectivity index is 1.65. The van der Waals surface area contributed by atoms with E-state index in [9.17, 15) is 4.79 Å². The molecular formula is C13H19N3O3. The molecule has 1 aromatic rings. The minimum Gasteiger partial charge on any atom is -0.368 e. The van der Waals surface area contributed by atoms with Gasteiger partial charge >= 0.3 is 0 Å². The zero-order valence-electron chi connectivity index (χ0n) is 11.2. The number of carbonyl (C=O) groups is 1. The first-order valence-electron chi connectivity index (χ1n) is 6.94. The van der Waals surface area contributed by atoms with Crippen molar-refractivity contribution >= 4 is 5.91 Å². The lowest BCUT2D eigenvalue weighted by atomic mass is 9.97. The van der Waals surface area contributed by atoms with Gasteiger partial charge in [-0.1, -0.05) is 5.16 Å². The highest BCUT2D eigenvalue weighted by Gasteiger charge is 2.33. The van der Waals surface area contributed by atoms with Crippen LogP contribution in [0, 0.1) is 6.92 Å². The summed E-state index contributed by atoms with van der Waals surface area (Å²) in [7, 11) is 0. The van der Waals surface area contributed by atoms with Crippen molar-refractivity contribution in [1.29, 1.82) is 0 Å². The number of aromatic nitrogens is 2. The number of hydrogen-bond donors (Lipinski definition) is 0. The van der Waals surface area contributed by atoms with Gasteiger partial charge in [-0.05, 0) is 25.7 Å². The van der Waals surface area contributed by atoms with Gasteiger partial charge in [-0.2, -0.15) is 4.98 Å². The molecule has 2 saturated heterocycles. The van der Waals surface area contributed by atoms with Crippen LogP contribution in [0.1, 0.15) is 43.3 Å². The predicted octanol–water partition coefficient (Wildman–Crippen LogP) is 1.26. The molecule has 2 fully saturated rings. The fraction of sp³-hybridized carbons (Fsp3) is 0.769. The smallest absolute Gasteiger partial charge is 0.251 e. The lowest BCUT2D eigenvalue weighted by Gasteiger charge is -2.32. The van der Waals surface area contributed by atoms with Crippen molar-refractivity contribution in [2.24, 2.45) is 0 Å². The summed E-state index contributed by atoms with van der Waals surface area (Å²) in [5.74, 6) is 1.62. The highest BCUT2D eigenvalue weighted by atomic mass is 16.5. The Morgan fingerprint density at radius 3 is 2.95 bits per heavy atom. The summed E-state index contributed by atoms with van der Waals surface area (Å²) >= 11 is 0. The third-order valence-corrected chi connectivity index (χ3v) is 3.85.